The lowest BCUT2D eigenvalue weighted by Gasteiger charge is -2.19. The maximum atomic E-state index is 12.4. The highest BCUT2D eigenvalue weighted by Gasteiger charge is 2.22. The van der Waals surface area contributed by atoms with Crippen LogP contribution in [0.4, 0.5) is 0 Å². The van der Waals surface area contributed by atoms with Crippen LogP contribution in [0.15, 0.2) is 24.5 Å². The molecule has 0 saturated carbocycles. The number of halogens is 1. The molecule has 1 unspecified atom stereocenters. The third-order valence-electron chi connectivity index (χ3n) is 3.13. The molecule has 0 aliphatic heterocycles. The smallest absolute Gasteiger partial charge is 0.308 e. The van der Waals surface area contributed by atoms with Gasteiger partial charge in [0.25, 0.3) is 5.91 Å². The SMILES string of the molecule is CC(CN(C)C(=O)c1c[nH]cc1-c1ccc(Cl)s1)C(=O)O. The van der Waals surface area contributed by atoms with Crippen LogP contribution in [-0.4, -0.2) is 40.5 Å². The Morgan fingerprint density at radius 1 is 1.43 bits per heavy atom. The summed E-state index contributed by atoms with van der Waals surface area (Å²) in [6, 6.07) is 3.63. The molecule has 0 aliphatic carbocycles. The number of aromatic amines is 1. The average Bonchev–Trinajstić information content (AvgIpc) is 3.05. The number of H-pyrrole nitrogens is 1. The molecule has 0 aromatic carbocycles. The van der Waals surface area contributed by atoms with Gasteiger partial charge in [0.15, 0.2) is 0 Å². The number of thiophene rings is 1. The summed E-state index contributed by atoms with van der Waals surface area (Å²) in [5, 5.41) is 8.92. The molecule has 1 amide bonds. The molecule has 2 heterocycles. The van der Waals surface area contributed by atoms with Gasteiger partial charge in [-0.1, -0.05) is 18.5 Å². The van der Waals surface area contributed by atoms with Gasteiger partial charge < -0.3 is 15.0 Å². The summed E-state index contributed by atoms with van der Waals surface area (Å²) in [6.07, 6.45) is 3.36. The van der Waals surface area contributed by atoms with Gasteiger partial charge in [-0.3, -0.25) is 9.59 Å². The summed E-state index contributed by atoms with van der Waals surface area (Å²) in [5.41, 5.74) is 1.28. The van der Waals surface area contributed by atoms with E-state index in [2.05, 4.69) is 4.98 Å². The zero-order valence-corrected chi connectivity index (χ0v) is 13.2. The molecule has 112 valence electrons. The number of hydrogen-bond donors (Lipinski definition) is 2. The van der Waals surface area contributed by atoms with Crippen LogP contribution < -0.4 is 0 Å². The van der Waals surface area contributed by atoms with Crippen LogP contribution in [0.3, 0.4) is 0 Å². The second kappa shape index (κ2) is 6.32. The fourth-order valence-electron chi connectivity index (χ4n) is 1.98. The Labute approximate surface area is 131 Å². The van der Waals surface area contributed by atoms with Gasteiger partial charge in [-0.25, -0.2) is 0 Å². The van der Waals surface area contributed by atoms with Crippen molar-refractivity contribution >= 4 is 34.8 Å². The van der Waals surface area contributed by atoms with E-state index in [1.165, 1.54) is 16.2 Å². The number of carbonyl (C=O) groups is 2. The minimum absolute atomic E-state index is 0.157. The molecular weight excluding hydrogens is 312 g/mol. The Bertz CT molecular complexity index is 665. The van der Waals surface area contributed by atoms with Gasteiger partial charge in [0.05, 0.1) is 15.8 Å². The number of hydrogen-bond acceptors (Lipinski definition) is 3. The number of carboxylic acids is 1. The van der Waals surface area contributed by atoms with Gasteiger partial charge in [0.1, 0.15) is 0 Å². The number of carboxylic acid groups (broad SMARTS) is 1. The Balaban J connectivity index is 2.21. The zero-order valence-electron chi connectivity index (χ0n) is 11.6. The number of aliphatic carboxylic acids is 1. The third kappa shape index (κ3) is 3.46. The van der Waals surface area contributed by atoms with Crippen molar-refractivity contribution in [3.8, 4) is 10.4 Å². The number of carbonyl (C=O) groups excluding carboxylic acids is 1. The van der Waals surface area contributed by atoms with Crippen LogP contribution in [0, 0.1) is 5.92 Å². The molecule has 2 aromatic rings. The monoisotopic (exact) mass is 326 g/mol. The molecule has 0 bridgehead atoms. The maximum Gasteiger partial charge on any atom is 0.308 e. The summed E-state index contributed by atoms with van der Waals surface area (Å²) >= 11 is 7.31. The van der Waals surface area contributed by atoms with Gasteiger partial charge in [0, 0.05) is 36.4 Å². The highest BCUT2D eigenvalue weighted by atomic mass is 35.5. The van der Waals surface area contributed by atoms with Crippen LogP contribution in [-0.2, 0) is 4.79 Å². The lowest BCUT2D eigenvalue weighted by molar-refractivity contribution is -0.141. The first kappa shape index (κ1) is 15.6. The van der Waals surface area contributed by atoms with E-state index in [1.807, 2.05) is 6.07 Å². The van der Waals surface area contributed by atoms with Crippen molar-refractivity contribution in [3.63, 3.8) is 0 Å². The quantitative estimate of drug-likeness (QED) is 0.886. The maximum absolute atomic E-state index is 12.4. The van der Waals surface area contributed by atoms with E-state index in [9.17, 15) is 9.59 Å². The fourth-order valence-corrected chi connectivity index (χ4v) is 3.05. The molecule has 7 heteroatoms. The van der Waals surface area contributed by atoms with Crippen molar-refractivity contribution in [3.05, 3.63) is 34.4 Å². The number of rotatable bonds is 5. The zero-order chi connectivity index (χ0) is 15.6. The molecule has 0 radical (unpaired) electrons. The van der Waals surface area contributed by atoms with Crippen LogP contribution in [0.5, 0.6) is 0 Å². The number of nitrogens with one attached hydrogen (secondary N) is 1. The summed E-state index contributed by atoms with van der Waals surface area (Å²) in [7, 11) is 1.60. The Kier molecular flexibility index (Phi) is 4.69. The van der Waals surface area contributed by atoms with Crippen molar-refractivity contribution in [1.82, 2.24) is 9.88 Å². The van der Waals surface area contributed by atoms with Crippen molar-refractivity contribution in [1.29, 1.82) is 0 Å². The molecule has 21 heavy (non-hydrogen) atoms. The molecular formula is C14H15ClN2O3S. The Morgan fingerprint density at radius 3 is 2.71 bits per heavy atom. The van der Waals surface area contributed by atoms with Crippen LogP contribution >= 0.6 is 22.9 Å². The van der Waals surface area contributed by atoms with E-state index in [0.29, 0.717) is 9.90 Å². The van der Waals surface area contributed by atoms with Gasteiger partial charge in [-0.15, -0.1) is 11.3 Å². The van der Waals surface area contributed by atoms with E-state index in [0.717, 1.165) is 10.4 Å². The van der Waals surface area contributed by atoms with Gasteiger partial charge in [-0.05, 0) is 12.1 Å². The molecule has 2 rings (SSSR count). The van der Waals surface area contributed by atoms with E-state index >= 15 is 0 Å². The average molecular weight is 327 g/mol. The molecule has 2 N–H and O–H groups in total. The first-order chi connectivity index (χ1) is 9.90. The van der Waals surface area contributed by atoms with E-state index < -0.39 is 11.9 Å². The Morgan fingerprint density at radius 2 is 2.14 bits per heavy atom. The number of amides is 1. The lowest BCUT2D eigenvalue weighted by Crippen LogP contribution is -2.33. The van der Waals surface area contributed by atoms with Crippen molar-refractivity contribution in [2.45, 2.75) is 6.92 Å². The summed E-state index contributed by atoms with van der Waals surface area (Å²) in [5.74, 6) is -1.75. The van der Waals surface area contributed by atoms with Crippen molar-refractivity contribution in [2.24, 2.45) is 5.92 Å². The van der Waals surface area contributed by atoms with Crippen LogP contribution in [0.25, 0.3) is 10.4 Å². The normalized spacial score (nSPS) is 12.1. The van der Waals surface area contributed by atoms with Gasteiger partial charge in [-0.2, -0.15) is 0 Å². The predicted molar refractivity (Wildman–Crippen MR) is 82.9 cm³/mol. The summed E-state index contributed by atoms with van der Waals surface area (Å²) in [4.78, 5) is 28.6. The first-order valence-corrected chi connectivity index (χ1v) is 7.50. The van der Waals surface area contributed by atoms with E-state index in [-0.39, 0.29) is 12.5 Å². The third-order valence-corrected chi connectivity index (χ3v) is 4.40. The molecule has 0 spiro atoms. The highest BCUT2D eigenvalue weighted by molar-refractivity contribution is 7.19. The minimum atomic E-state index is -0.922. The van der Waals surface area contributed by atoms with Gasteiger partial charge >= 0.3 is 5.97 Å². The molecule has 0 aliphatic rings. The predicted octanol–water partition coefficient (Wildman–Crippen LogP) is 3.19. The summed E-state index contributed by atoms with van der Waals surface area (Å²) in [6.45, 7) is 1.73. The molecule has 1 atom stereocenters. The van der Waals surface area contributed by atoms with Crippen LogP contribution in [0.1, 0.15) is 17.3 Å². The molecule has 5 nitrogen and oxygen atoms in total. The largest absolute Gasteiger partial charge is 0.481 e. The highest BCUT2D eigenvalue weighted by Crippen LogP contribution is 2.33. The van der Waals surface area contributed by atoms with Crippen molar-refractivity contribution < 1.29 is 14.7 Å². The topological polar surface area (TPSA) is 73.4 Å². The minimum Gasteiger partial charge on any atom is -0.481 e. The second-order valence-electron chi connectivity index (χ2n) is 4.81. The molecule has 0 fully saturated rings. The Hall–Kier alpha value is -1.79. The van der Waals surface area contributed by atoms with Gasteiger partial charge in [0.2, 0.25) is 0 Å². The van der Waals surface area contributed by atoms with Crippen molar-refractivity contribution in [2.75, 3.05) is 13.6 Å². The fraction of sp³-hybridized carbons (Fsp3) is 0.286. The molecule has 2 aromatic heterocycles. The second-order valence-corrected chi connectivity index (χ2v) is 6.53. The summed E-state index contributed by atoms with van der Waals surface area (Å²) < 4.78 is 0.650. The number of aromatic nitrogens is 1. The molecule has 0 saturated heterocycles. The number of nitrogens with zero attached hydrogens (tertiary/aromatic N) is 1. The van der Waals surface area contributed by atoms with E-state index in [4.69, 9.17) is 16.7 Å². The standard InChI is InChI=1S/C14H15ClN2O3S/c1-8(14(19)20)7-17(2)13(18)10-6-16-5-9(10)11-3-4-12(15)21-11/h3-6,8,16H,7H2,1-2H3,(H,19,20). The first-order valence-electron chi connectivity index (χ1n) is 6.31. The lowest BCUT2D eigenvalue weighted by atomic mass is 10.1. The van der Waals surface area contributed by atoms with E-state index in [1.54, 1.807) is 32.4 Å². The van der Waals surface area contributed by atoms with Crippen LogP contribution in [0.2, 0.25) is 4.34 Å².